The van der Waals surface area contributed by atoms with Crippen molar-refractivity contribution in [2.45, 2.75) is 26.7 Å². The molecule has 0 fully saturated rings. The second-order valence-corrected chi connectivity index (χ2v) is 6.41. The molecule has 0 radical (unpaired) electrons. The Labute approximate surface area is 150 Å². The van der Waals surface area contributed by atoms with Crippen molar-refractivity contribution in [2.24, 2.45) is 0 Å². The van der Waals surface area contributed by atoms with E-state index in [1.165, 1.54) is 0 Å². The van der Waals surface area contributed by atoms with Crippen molar-refractivity contribution in [3.8, 4) is 0 Å². The Morgan fingerprint density at radius 3 is 2.42 bits per heavy atom. The Kier molecular flexibility index (Phi) is 6.55. The van der Waals surface area contributed by atoms with Gasteiger partial charge in [-0.2, -0.15) is 0 Å². The highest BCUT2D eigenvalue weighted by molar-refractivity contribution is 9.10. The van der Waals surface area contributed by atoms with E-state index in [-0.39, 0.29) is 24.8 Å². The summed E-state index contributed by atoms with van der Waals surface area (Å²) < 4.78 is 0.886. The molecular weight excluding hydrogens is 368 g/mol. The molecule has 2 aromatic rings. The number of hydrogen-bond donors (Lipinski definition) is 2. The van der Waals surface area contributed by atoms with Crippen LogP contribution in [0.1, 0.15) is 23.6 Å². The van der Waals surface area contributed by atoms with Crippen molar-refractivity contribution >= 4 is 33.4 Å². The molecule has 5 heteroatoms. The monoisotopic (exact) mass is 388 g/mol. The fourth-order valence-electron chi connectivity index (χ4n) is 2.44. The Hall–Kier alpha value is -2.14. The lowest BCUT2D eigenvalue weighted by molar-refractivity contribution is -0.123. The maximum absolute atomic E-state index is 12.1. The Morgan fingerprint density at radius 1 is 1.00 bits per heavy atom. The van der Waals surface area contributed by atoms with Gasteiger partial charge in [0.25, 0.3) is 0 Å². The molecular formula is C19H21BrN2O2. The topological polar surface area (TPSA) is 58.2 Å². The highest BCUT2D eigenvalue weighted by Gasteiger charge is 2.11. The van der Waals surface area contributed by atoms with Gasteiger partial charge < -0.3 is 10.6 Å². The first-order valence-electron chi connectivity index (χ1n) is 7.89. The van der Waals surface area contributed by atoms with E-state index >= 15 is 0 Å². The number of benzene rings is 2. The second-order valence-electron chi connectivity index (χ2n) is 5.56. The van der Waals surface area contributed by atoms with Crippen LogP contribution < -0.4 is 10.6 Å². The van der Waals surface area contributed by atoms with E-state index in [9.17, 15) is 9.59 Å². The summed E-state index contributed by atoms with van der Waals surface area (Å²) in [6, 6.07) is 13.5. The molecule has 0 atom stereocenters. The second kappa shape index (κ2) is 8.64. The van der Waals surface area contributed by atoms with Crippen molar-refractivity contribution in [2.75, 3.05) is 11.9 Å². The molecule has 24 heavy (non-hydrogen) atoms. The zero-order chi connectivity index (χ0) is 17.5. The van der Waals surface area contributed by atoms with Gasteiger partial charge >= 0.3 is 0 Å². The molecule has 0 unspecified atom stereocenters. The molecule has 0 saturated carbocycles. The summed E-state index contributed by atoms with van der Waals surface area (Å²) in [6.45, 7) is 3.96. The largest absolute Gasteiger partial charge is 0.347 e. The number of carbonyl (C=O) groups is 2. The molecule has 4 nitrogen and oxygen atoms in total. The number of amides is 2. The number of anilines is 1. The number of hydrogen-bond acceptors (Lipinski definition) is 2. The van der Waals surface area contributed by atoms with E-state index in [1.54, 1.807) is 0 Å². The highest BCUT2D eigenvalue weighted by Crippen LogP contribution is 2.20. The van der Waals surface area contributed by atoms with Gasteiger partial charge in [0, 0.05) is 10.2 Å². The molecule has 0 bridgehead atoms. The van der Waals surface area contributed by atoms with E-state index in [4.69, 9.17) is 0 Å². The van der Waals surface area contributed by atoms with Crippen LogP contribution >= 0.6 is 15.9 Å². The van der Waals surface area contributed by atoms with Crippen LogP contribution in [0.2, 0.25) is 0 Å². The minimum atomic E-state index is -0.223. The first kappa shape index (κ1) is 18.2. The van der Waals surface area contributed by atoms with Crippen LogP contribution in [0.15, 0.2) is 46.9 Å². The molecule has 2 N–H and O–H groups in total. The Morgan fingerprint density at radius 2 is 1.71 bits per heavy atom. The third-order valence-electron chi connectivity index (χ3n) is 3.76. The van der Waals surface area contributed by atoms with Crippen molar-refractivity contribution < 1.29 is 9.59 Å². The van der Waals surface area contributed by atoms with Crippen molar-refractivity contribution in [3.05, 3.63) is 63.6 Å². The number of aryl methyl sites for hydroxylation is 2. The zero-order valence-corrected chi connectivity index (χ0v) is 15.4. The maximum atomic E-state index is 12.1. The van der Waals surface area contributed by atoms with E-state index < -0.39 is 0 Å². The first-order valence-corrected chi connectivity index (χ1v) is 8.69. The molecule has 2 rings (SSSR count). The molecule has 0 heterocycles. The smallest absolute Gasteiger partial charge is 0.243 e. The number of halogens is 1. The van der Waals surface area contributed by atoms with Crippen LogP contribution in [-0.4, -0.2) is 18.4 Å². The molecule has 2 amide bonds. The maximum Gasteiger partial charge on any atom is 0.243 e. The number of nitrogens with one attached hydrogen (secondary N) is 2. The molecule has 0 aliphatic heterocycles. The average molecular weight is 389 g/mol. The average Bonchev–Trinajstić information content (AvgIpc) is 2.57. The molecule has 0 aliphatic carbocycles. The third-order valence-corrected chi connectivity index (χ3v) is 4.53. The van der Waals surface area contributed by atoms with Gasteiger partial charge in [-0.05, 0) is 36.1 Å². The highest BCUT2D eigenvalue weighted by atomic mass is 79.9. The van der Waals surface area contributed by atoms with Gasteiger partial charge in [0.15, 0.2) is 0 Å². The summed E-state index contributed by atoms with van der Waals surface area (Å²) in [5.41, 5.74) is 3.83. The van der Waals surface area contributed by atoms with Gasteiger partial charge in [0.1, 0.15) is 0 Å². The van der Waals surface area contributed by atoms with Crippen LogP contribution in [0.25, 0.3) is 0 Å². The Balaban J connectivity index is 1.90. The number of para-hydroxylation sites is 1. The van der Waals surface area contributed by atoms with Gasteiger partial charge in [-0.1, -0.05) is 59.3 Å². The SMILES string of the molecule is CCc1cccc(C)c1NC(=O)CNC(=O)Cc1ccccc1Br. The summed E-state index contributed by atoms with van der Waals surface area (Å²) in [6.07, 6.45) is 1.07. The van der Waals surface area contributed by atoms with E-state index in [0.29, 0.717) is 0 Å². The third kappa shape index (κ3) is 4.93. The van der Waals surface area contributed by atoms with Gasteiger partial charge in [0.05, 0.1) is 13.0 Å². The lowest BCUT2D eigenvalue weighted by Crippen LogP contribution is -2.34. The lowest BCUT2D eigenvalue weighted by Gasteiger charge is -2.13. The fourth-order valence-corrected chi connectivity index (χ4v) is 2.87. The molecule has 0 saturated heterocycles. The van der Waals surface area contributed by atoms with E-state index in [1.807, 2.05) is 56.3 Å². The van der Waals surface area contributed by atoms with Gasteiger partial charge in [-0.25, -0.2) is 0 Å². The fraction of sp³-hybridized carbons (Fsp3) is 0.263. The van der Waals surface area contributed by atoms with Crippen LogP contribution in [0.3, 0.4) is 0 Å². The zero-order valence-electron chi connectivity index (χ0n) is 13.9. The van der Waals surface area contributed by atoms with Crippen LogP contribution in [0, 0.1) is 6.92 Å². The summed E-state index contributed by atoms with van der Waals surface area (Å²) in [7, 11) is 0. The van der Waals surface area contributed by atoms with Crippen molar-refractivity contribution in [1.82, 2.24) is 5.32 Å². The molecule has 0 aromatic heterocycles. The normalized spacial score (nSPS) is 10.3. The van der Waals surface area contributed by atoms with Crippen LogP contribution in [0.5, 0.6) is 0 Å². The van der Waals surface area contributed by atoms with Gasteiger partial charge in [-0.15, -0.1) is 0 Å². The quantitative estimate of drug-likeness (QED) is 0.793. The molecule has 0 aliphatic rings. The lowest BCUT2D eigenvalue weighted by atomic mass is 10.1. The molecule has 2 aromatic carbocycles. The Bertz CT molecular complexity index is 744. The summed E-state index contributed by atoms with van der Waals surface area (Å²) in [5, 5.41) is 5.56. The van der Waals surface area contributed by atoms with Crippen LogP contribution in [-0.2, 0) is 22.4 Å². The summed E-state index contributed by atoms with van der Waals surface area (Å²) in [4.78, 5) is 24.1. The molecule has 0 spiro atoms. The number of rotatable bonds is 6. The van der Waals surface area contributed by atoms with Gasteiger partial charge in [-0.3, -0.25) is 9.59 Å². The van der Waals surface area contributed by atoms with Gasteiger partial charge in [0.2, 0.25) is 11.8 Å². The standard InChI is InChI=1S/C19H21BrN2O2/c1-3-14-9-6-7-13(2)19(14)22-18(24)12-21-17(23)11-15-8-4-5-10-16(15)20/h4-10H,3,11-12H2,1-2H3,(H,21,23)(H,22,24). The predicted molar refractivity (Wildman–Crippen MR) is 100 cm³/mol. The van der Waals surface area contributed by atoms with Crippen molar-refractivity contribution in [1.29, 1.82) is 0 Å². The van der Waals surface area contributed by atoms with Crippen molar-refractivity contribution in [3.63, 3.8) is 0 Å². The van der Waals surface area contributed by atoms with E-state index in [2.05, 4.69) is 26.6 Å². The molecule has 126 valence electrons. The summed E-state index contributed by atoms with van der Waals surface area (Å²) >= 11 is 3.41. The van der Waals surface area contributed by atoms with E-state index in [0.717, 1.165) is 33.3 Å². The predicted octanol–water partition coefficient (Wildman–Crippen LogP) is 3.62. The van der Waals surface area contributed by atoms with Crippen LogP contribution in [0.4, 0.5) is 5.69 Å². The minimum Gasteiger partial charge on any atom is -0.347 e. The minimum absolute atomic E-state index is 0.0409. The first-order chi connectivity index (χ1) is 11.5. The number of carbonyl (C=O) groups excluding carboxylic acids is 2. The summed E-state index contributed by atoms with van der Waals surface area (Å²) in [5.74, 6) is -0.406.